The van der Waals surface area contributed by atoms with Crippen LogP contribution in [-0.4, -0.2) is 74.2 Å². The zero-order valence-corrected chi connectivity index (χ0v) is 10.7. The summed E-state index contributed by atoms with van der Waals surface area (Å²) in [7, 11) is 0. The molecule has 100 valence electrons. The van der Waals surface area contributed by atoms with Gasteiger partial charge in [0.15, 0.2) is 0 Å². The summed E-state index contributed by atoms with van der Waals surface area (Å²) in [5.74, 6) is 2.84. The molecule has 0 aliphatic carbocycles. The molecule has 0 aromatic heterocycles. The van der Waals surface area contributed by atoms with Crippen LogP contribution in [0.4, 0.5) is 0 Å². The van der Waals surface area contributed by atoms with Crippen molar-refractivity contribution in [3.05, 3.63) is 0 Å². The molecule has 5 heteroatoms. The molecule has 5 nitrogen and oxygen atoms in total. The van der Waals surface area contributed by atoms with Gasteiger partial charge in [-0.05, 0) is 0 Å². The zero-order valence-electron chi connectivity index (χ0n) is 10.7. The third-order valence-electron chi connectivity index (χ3n) is 3.45. The van der Waals surface area contributed by atoms with Crippen LogP contribution in [0.5, 0.6) is 0 Å². The van der Waals surface area contributed by atoms with Gasteiger partial charge in [-0.25, -0.2) is 0 Å². The van der Waals surface area contributed by atoms with Crippen molar-refractivity contribution >= 4 is 5.91 Å². The maximum atomic E-state index is 12.1. The van der Waals surface area contributed by atoms with E-state index in [0.717, 1.165) is 39.3 Å². The molecule has 0 bridgehead atoms. The van der Waals surface area contributed by atoms with Crippen LogP contribution in [0.3, 0.4) is 0 Å². The Balaban J connectivity index is 1.72. The van der Waals surface area contributed by atoms with Crippen molar-refractivity contribution in [2.45, 2.75) is 12.5 Å². The zero-order chi connectivity index (χ0) is 12.8. The van der Waals surface area contributed by atoms with Crippen molar-refractivity contribution in [3.63, 3.8) is 0 Å². The van der Waals surface area contributed by atoms with E-state index in [1.807, 2.05) is 4.90 Å². The molecule has 2 heterocycles. The van der Waals surface area contributed by atoms with E-state index >= 15 is 0 Å². The minimum absolute atomic E-state index is 0.0370. The molecule has 2 rings (SSSR count). The van der Waals surface area contributed by atoms with Crippen LogP contribution in [-0.2, 0) is 9.53 Å². The van der Waals surface area contributed by atoms with Crippen LogP contribution in [0.25, 0.3) is 0 Å². The van der Waals surface area contributed by atoms with Crippen LogP contribution in [0, 0.1) is 12.3 Å². The lowest BCUT2D eigenvalue weighted by Crippen LogP contribution is -2.50. The predicted octanol–water partition coefficient (Wildman–Crippen LogP) is -0.858. The Hall–Kier alpha value is -1.09. The highest BCUT2D eigenvalue weighted by molar-refractivity contribution is 5.76. The maximum Gasteiger partial charge on any atom is 0.225 e. The van der Waals surface area contributed by atoms with E-state index in [4.69, 9.17) is 11.2 Å². The number of piperazine rings is 1. The predicted molar refractivity (Wildman–Crippen MR) is 69.1 cm³/mol. The molecule has 0 spiro atoms. The highest BCUT2D eigenvalue weighted by atomic mass is 16.5. The van der Waals surface area contributed by atoms with Crippen LogP contribution in [0.15, 0.2) is 0 Å². The van der Waals surface area contributed by atoms with Gasteiger partial charge in [0, 0.05) is 39.3 Å². The van der Waals surface area contributed by atoms with E-state index < -0.39 is 0 Å². The SMILES string of the molecule is C#CCN1CCN(C(=O)CC2CNCCO2)CC1. The molecule has 1 N–H and O–H groups in total. The number of nitrogens with zero attached hydrogens (tertiary/aromatic N) is 2. The average Bonchev–Trinajstić information content (AvgIpc) is 2.41. The average molecular weight is 251 g/mol. The Morgan fingerprint density at radius 2 is 2.17 bits per heavy atom. The second-order valence-electron chi connectivity index (χ2n) is 4.76. The highest BCUT2D eigenvalue weighted by Crippen LogP contribution is 2.08. The molecule has 1 amide bonds. The first-order valence-corrected chi connectivity index (χ1v) is 6.55. The van der Waals surface area contributed by atoms with E-state index in [0.29, 0.717) is 19.6 Å². The summed E-state index contributed by atoms with van der Waals surface area (Å²) in [6.07, 6.45) is 5.81. The van der Waals surface area contributed by atoms with Gasteiger partial charge < -0.3 is 15.0 Å². The number of hydrogen-bond donors (Lipinski definition) is 1. The Morgan fingerprint density at radius 1 is 1.39 bits per heavy atom. The van der Waals surface area contributed by atoms with Crippen molar-refractivity contribution in [2.75, 3.05) is 52.4 Å². The van der Waals surface area contributed by atoms with Crippen molar-refractivity contribution in [3.8, 4) is 12.3 Å². The summed E-state index contributed by atoms with van der Waals surface area (Å²) in [6, 6.07) is 0. The van der Waals surface area contributed by atoms with Crippen molar-refractivity contribution < 1.29 is 9.53 Å². The number of nitrogens with one attached hydrogen (secondary N) is 1. The van der Waals surface area contributed by atoms with Crippen LogP contribution in [0.2, 0.25) is 0 Å². The number of carbonyl (C=O) groups excluding carboxylic acids is 1. The molecule has 1 atom stereocenters. The number of carbonyl (C=O) groups is 1. The number of rotatable bonds is 3. The summed E-state index contributed by atoms with van der Waals surface area (Å²) < 4.78 is 5.55. The second kappa shape index (κ2) is 6.74. The van der Waals surface area contributed by atoms with E-state index in [-0.39, 0.29) is 12.0 Å². The fraction of sp³-hybridized carbons (Fsp3) is 0.769. The van der Waals surface area contributed by atoms with Crippen molar-refractivity contribution in [1.82, 2.24) is 15.1 Å². The van der Waals surface area contributed by atoms with Crippen LogP contribution < -0.4 is 5.32 Å². The quantitative estimate of drug-likeness (QED) is 0.663. The van der Waals surface area contributed by atoms with Gasteiger partial charge >= 0.3 is 0 Å². The Morgan fingerprint density at radius 3 is 2.78 bits per heavy atom. The number of terminal acetylenes is 1. The second-order valence-corrected chi connectivity index (χ2v) is 4.76. The van der Waals surface area contributed by atoms with Gasteiger partial charge in [-0.3, -0.25) is 9.69 Å². The molecule has 0 saturated carbocycles. The summed E-state index contributed by atoms with van der Waals surface area (Å²) in [4.78, 5) is 16.2. The Labute approximate surface area is 108 Å². The topological polar surface area (TPSA) is 44.8 Å². The lowest BCUT2D eigenvalue weighted by atomic mass is 10.2. The minimum atomic E-state index is 0.0370. The monoisotopic (exact) mass is 251 g/mol. The summed E-state index contributed by atoms with van der Waals surface area (Å²) in [5.41, 5.74) is 0. The summed E-state index contributed by atoms with van der Waals surface area (Å²) in [5, 5.41) is 3.24. The van der Waals surface area contributed by atoms with Gasteiger partial charge in [-0.1, -0.05) is 5.92 Å². The number of morpholine rings is 1. The lowest BCUT2D eigenvalue weighted by molar-refractivity contribution is -0.136. The number of hydrogen-bond acceptors (Lipinski definition) is 4. The van der Waals surface area contributed by atoms with Crippen LogP contribution >= 0.6 is 0 Å². The molecular formula is C13H21N3O2. The Bertz CT molecular complexity index is 313. The van der Waals surface area contributed by atoms with Gasteiger partial charge in [0.25, 0.3) is 0 Å². The molecule has 0 radical (unpaired) electrons. The van der Waals surface area contributed by atoms with Crippen molar-refractivity contribution in [1.29, 1.82) is 0 Å². The van der Waals surface area contributed by atoms with Gasteiger partial charge in [-0.2, -0.15) is 0 Å². The van der Waals surface area contributed by atoms with Crippen LogP contribution in [0.1, 0.15) is 6.42 Å². The van der Waals surface area contributed by atoms with Gasteiger partial charge in [0.05, 0.1) is 25.7 Å². The fourth-order valence-corrected chi connectivity index (χ4v) is 2.36. The molecule has 1 unspecified atom stereocenters. The van der Waals surface area contributed by atoms with Gasteiger partial charge in [0.2, 0.25) is 5.91 Å². The highest BCUT2D eigenvalue weighted by Gasteiger charge is 2.24. The molecule has 0 aromatic rings. The molecule has 2 aliphatic heterocycles. The van der Waals surface area contributed by atoms with E-state index in [9.17, 15) is 4.79 Å². The van der Waals surface area contributed by atoms with Crippen molar-refractivity contribution in [2.24, 2.45) is 0 Å². The lowest BCUT2D eigenvalue weighted by Gasteiger charge is -2.34. The maximum absolute atomic E-state index is 12.1. The molecule has 18 heavy (non-hydrogen) atoms. The van der Waals surface area contributed by atoms with E-state index in [2.05, 4.69) is 16.1 Å². The Kier molecular flexibility index (Phi) is 5.00. The van der Waals surface area contributed by atoms with E-state index in [1.54, 1.807) is 0 Å². The standard InChI is InChI=1S/C13H21N3O2/c1-2-4-15-5-7-16(8-6-15)13(17)10-12-11-14-3-9-18-12/h1,12,14H,3-11H2. The smallest absolute Gasteiger partial charge is 0.225 e. The van der Waals surface area contributed by atoms with Gasteiger partial charge in [-0.15, -0.1) is 6.42 Å². The molecule has 2 saturated heterocycles. The van der Waals surface area contributed by atoms with Gasteiger partial charge in [0.1, 0.15) is 0 Å². The molecule has 0 aromatic carbocycles. The fourth-order valence-electron chi connectivity index (χ4n) is 2.36. The number of amides is 1. The first kappa shape index (κ1) is 13.3. The molecular weight excluding hydrogens is 230 g/mol. The summed E-state index contributed by atoms with van der Waals surface area (Å²) >= 11 is 0. The van der Waals surface area contributed by atoms with E-state index in [1.165, 1.54) is 0 Å². The normalized spacial score (nSPS) is 25.7. The number of ether oxygens (including phenoxy) is 1. The third kappa shape index (κ3) is 3.70. The first-order valence-electron chi connectivity index (χ1n) is 6.55. The minimum Gasteiger partial charge on any atom is -0.375 e. The third-order valence-corrected chi connectivity index (χ3v) is 3.45. The molecule has 2 aliphatic rings. The molecule has 2 fully saturated rings. The first-order chi connectivity index (χ1) is 8.79. The largest absolute Gasteiger partial charge is 0.375 e. The summed E-state index contributed by atoms with van der Waals surface area (Å²) in [6.45, 7) is 6.35.